The first kappa shape index (κ1) is 13.4. The van der Waals surface area contributed by atoms with Gasteiger partial charge in [0.05, 0.1) is 0 Å². The second kappa shape index (κ2) is 4.89. The van der Waals surface area contributed by atoms with Crippen LogP contribution >= 0.6 is 0 Å². The predicted octanol–water partition coefficient (Wildman–Crippen LogP) is 2.89. The van der Waals surface area contributed by atoms with Gasteiger partial charge in [-0.1, -0.05) is 27.7 Å². The average molecular weight is 238 g/mol. The topological polar surface area (TPSA) is 15.3 Å². The van der Waals surface area contributed by atoms with Crippen molar-refractivity contribution in [2.24, 2.45) is 10.8 Å². The van der Waals surface area contributed by atoms with Gasteiger partial charge >= 0.3 is 0 Å². The number of nitrogens with one attached hydrogen (secondary N) is 1. The molecule has 0 atom stereocenters. The molecular formula is C15H30N2. The Labute approximate surface area is 107 Å². The van der Waals surface area contributed by atoms with Crippen molar-refractivity contribution in [2.45, 2.75) is 59.4 Å². The van der Waals surface area contributed by atoms with Crippen LogP contribution in [-0.4, -0.2) is 37.1 Å². The molecule has 0 unspecified atom stereocenters. The minimum atomic E-state index is 0.520. The number of nitrogens with zero attached hydrogens (tertiary/aromatic N) is 1. The van der Waals surface area contributed by atoms with Crippen LogP contribution < -0.4 is 5.32 Å². The zero-order chi connectivity index (χ0) is 12.5. The Balaban J connectivity index is 2.03. The van der Waals surface area contributed by atoms with E-state index in [-0.39, 0.29) is 0 Å². The Bertz CT molecular complexity index is 234. The first-order valence-corrected chi connectivity index (χ1v) is 7.33. The van der Waals surface area contributed by atoms with Crippen LogP contribution in [-0.2, 0) is 0 Å². The van der Waals surface area contributed by atoms with E-state index in [2.05, 4.69) is 37.9 Å². The second-order valence-corrected chi connectivity index (χ2v) is 7.71. The number of hydrogen-bond donors (Lipinski definition) is 1. The minimum absolute atomic E-state index is 0.520. The molecule has 2 nitrogen and oxygen atoms in total. The molecule has 1 heterocycles. The van der Waals surface area contributed by atoms with Gasteiger partial charge in [-0.3, -0.25) is 4.90 Å². The lowest BCUT2D eigenvalue weighted by Crippen LogP contribution is -2.47. The second-order valence-electron chi connectivity index (χ2n) is 7.71. The molecule has 1 aliphatic heterocycles. The lowest BCUT2D eigenvalue weighted by atomic mass is 9.63. The summed E-state index contributed by atoms with van der Waals surface area (Å²) in [7, 11) is 0. The molecule has 17 heavy (non-hydrogen) atoms. The smallest absolute Gasteiger partial charge is 0.0110 e. The molecule has 100 valence electrons. The summed E-state index contributed by atoms with van der Waals surface area (Å²) in [4.78, 5) is 2.75. The molecule has 1 aliphatic carbocycles. The van der Waals surface area contributed by atoms with Crippen LogP contribution in [0.3, 0.4) is 0 Å². The van der Waals surface area contributed by atoms with Gasteiger partial charge in [0.15, 0.2) is 0 Å². The van der Waals surface area contributed by atoms with Gasteiger partial charge in [-0.25, -0.2) is 0 Å². The average Bonchev–Trinajstić information content (AvgIpc) is 2.40. The maximum atomic E-state index is 3.52. The minimum Gasteiger partial charge on any atom is -0.315 e. The largest absolute Gasteiger partial charge is 0.315 e. The Hall–Kier alpha value is -0.0800. The van der Waals surface area contributed by atoms with Gasteiger partial charge in [0.2, 0.25) is 0 Å². The number of rotatable bonds is 1. The summed E-state index contributed by atoms with van der Waals surface area (Å²) in [6.07, 6.45) is 5.47. The van der Waals surface area contributed by atoms with Crippen molar-refractivity contribution in [1.82, 2.24) is 10.2 Å². The summed E-state index contributed by atoms with van der Waals surface area (Å²) in [5, 5.41) is 3.52. The monoisotopic (exact) mass is 238 g/mol. The third-order valence-corrected chi connectivity index (χ3v) is 4.42. The van der Waals surface area contributed by atoms with Crippen molar-refractivity contribution < 1.29 is 0 Å². The Morgan fingerprint density at radius 2 is 1.59 bits per heavy atom. The summed E-state index contributed by atoms with van der Waals surface area (Å²) in [6.45, 7) is 14.7. The van der Waals surface area contributed by atoms with Gasteiger partial charge in [0.1, 0.15) is 0 Å². The zero-order valence-electron chi connectivity index (χ0n) is 12.2. The molecule has 2 heteroatoms. The normalized spacial score (nSPS) is 31.1. The van der Waals surface area contributed by atoms with Gasteiger partial charge < -0.3 is 5.32 Å². The third-order valence-electron chi connectivity index (χ3n) is 4.42. The van der Waals surface area contributed by atoms with E-state index in [9.17, 15) is 0 Å². The zero-order valence-corrected chi connectivity index (χ0v) is 12.2. The highest BCUT2D eigenvalue weighted by Crippen LogP contribution is 2.47. The van der Waals surface area contributed by atoms with E-state index in [1.54, 1.807) is 0 Å². The van der Waals surface area contributed by atoms with Gasteiger partial charge in [-0.05, 0) is 49.6 Å². The predicted molar refractivity (Wildman–Crippen MR) is 74.3 cm³/mol. The lowest BCUT2D eigenvalue weighted by molar-refractivity contribution is 0.0271. The molecule has 2 fully saturated rings. The van der Waals surface area contributed by atoms with Crippen LogP contribution in [0.1, 0.15) is 53.4 Å². The van der Waals surface area contributed by atoms with Crippen LogP contribution in [0, 0.1) is 10.8 Å². The van der Waals surface area contributed by atoms with E-state index in [4.69, 9.17) is 0 Å². The maximum absolute atomic E-state index is 3.52. The van der Waals surface area contributed by atoms with Gasteiger partial charge in [0, 0.05) is 19.1 Å². The van der Waals surface area contributed by atoms with E-state index in [1.807, 2.05) is 0 Å². The molecule has 2 aliphatic rings. The van der Waals surface area contributed by atoms with Crippen LogP contribution in [0.2, 0.25) is 0 Å². The van der Waals surface area contributed by atoms with Gasteiger partial charge in [0.25, 0.3) is 0 Å². The van der Waals surface area contributed by atoms with Crippen LogP contribution in [0.25, 0.3) is 0 Å². The molecule has 1 saturated heterocycles. The standard InChI is InChI=1S/C15H30N2/c1-14(2)10-13(11-15(3,4)12-14)17-8-5-6-16-7-9-17/h13,16H,5-12H2,1-4H3. The number of hydrogen-bond acceptors (Lipinski definition) is 2. The van der Waals surface area contributed by atoms with Crippen molar-refractivity contribution in [1.29, 1.82) is 0 Å². The fourth-order valence-electron chi connectivity index (χ4n) is 4.28. The van der Waals surface area contributed by atoms with E-state index < -0.39 is 0 Å². The van der Waals surface area contributed by atoms with E-state index in [0.29, 0.717) is 10.8 Å². The van der Waals surface area contributed by atoms with Crippen LogP contribution in [0.4, 0.5) is 0 Å². The highest BCUT2D eigenvalue weighted by molar-refractivity contribution is 4.93. The molecule has 0 spiro atoms. The molecule has 1 N–H and O–H groups in total. The molecule has 0 aromatic carbocycles. The van der Waals surface area contributed by atoms with E-state index in [0.717, 1.165) is 6.04 Å². The van der Waals surface area contributed by atoms with Crippen LogP contribution in [0.15, 0.2) is 0 Å². The molecule has 1 saturated carbocycles. The first-order valence-electron chi connectivity index (χ1n) is 7.33. The van der Waals surface area contributed by atoms with Crippen molar-refractivity contribution in [3.63, 3.8) is 0 Å². The molecule has 0 aromatic rings. The van der Waals surface area contributed by atoms with Gasteiger partial charge in [-0.2, -0.15) is 0 Å². The Morgan fingerprint density at radius 1 is 0.941 bits per heavy atom. The summed E-state index contributed by atoms with van der Waals surface area (Å²) in [5.41, 5.74) is 1.04. The molecular weight excluding hydrogens is 208 g/mol. The van der Waals surface area contributed by atoms with Crippen molar-refractivity contribution >= 4 is 0 Å². The third kappa shape index (κ3) is 3.69. The van der Waals surface area contributed by atoms with Crippen molar-refractivity contribution in [3.05, 3.63) is 0 Å². The van der Waals surface area contributed by atoms with E-state index in [1.165, 1.54) is 51.9 Å². The summed E-state index contributed by atoms with van der Waals surface area (Å²) in [5.74, 6) is 0. The molecule has 0 bridgehead atoms. The van der Waals surface area contributed by atoms with Gasteiger partial charge in [-0.15, -0.1) is 0 Å². The molecule has 0 aromatic heterocycles. The maximum Gasteiger partial charge on any atom is 0.0110 e. The summed E-state index contributed by atoms with van der Waals surface area (Å²) in [6, 6.07) is 0.814. The quantitative estimate of drug-likeness (QED) is 0.755. The highest BCUT2D eigenvalue weighted by atomic mass is 15.2. The fraction of sp³-hybridized carbons (Fsp3) is 1.00. The Kier molecular flexibility index (Phi) is 3.84. The molecule has 0 radical (unpaired) electrons. The van der Waals surface area contributed by atoms with Crippen molar-refractivity contribution in [2.75, 3.05) is 26.2 Å². The summed E-state index contributed by atoms with van der Waals surface area (Å²) < 4.78 is 0. The fourth-order valence-corrected chi connectivity index (χ4v) is 4.28. The van der Waals surface area contributed by atoms with Crippen molar-refractivity contribution in [3.8, 4) is 0 Å². The van der Waals surface area contributed by atoms with Crippen LogP contribution in [0.5, 0.6) is 0 Å². The Morgan fingerprint density at radius 3 is 2.24 bits per heavy atom. The molecule has 2 rings (SSSR count). The SMILES string of the molecule is CC1(C)CC(N2CCCNCC2)CC(C)(C)C1. The highest BCUT2D eigenvalue weighted by Gasteiger charge is 2.40. The lowest BCUT2D eigenvalue weighted by Gasteiger charge is -2.48. The van der Waals surface area contributed by atoms with E-state index >= 15 is 0 Å². The first-order chi connectivity index (χ1) is 7.88. The molecule has 0 amide bonds. The summed E-state index contributed by atoms with van der Waals surface area (Å²) >= 11 is 0.